The van der Waals surface area contributed by atoms with Crippen molar-refractivity contribution in [2.45, 2.75) is 57.6 Å². The van der Waals surface area contributed by atoms with Gasteiger partial charge in [-0.15, -0.1) is 0 Å². The van der Waals surface area contributed by atoms with Crippen molar-refractivity contribution in [1.82, 2.24) is 15.4 Å². The Morgan fingerprint density at radius 2 is 1.94 bits per heavy atom. The third-order valence-electron chi connectivity index (χ3n) is 7.77. The van der Waals surface area contributed by atoms with Crippen LogP contribution >= 0.6 is 0 Å². The lowest BCUT2D eigenvalue weighted by Crippen LogP contribution is -2.47. The monoisotopic (exact) mass is 488 g/mol. The van der Waals surface area contributed by atoms with Crippen LogP contribution in [0.1, 0.15) is 44.1 Å². The molecule has 192 valence electrons. The van der Waals surface area contributed by atoms with Gasteiger partial charge in [-0.2, -0.15) is 0 Å². The first-order chi connectivity index (χ1) is 17.0. The van der Waals surface area contributed by atoms with E-state index >= 15 is 0 Å². The second-order valence-corrected chi connectivity index (χ2v) is 10.3. The van der Waals surface area contributed by atoms with Crippen LogP contribution in [0.3, 0.4) is 0 Å². The average Bonchev–Trinajstić information content (AvgIpc) is 3.27. The quantitative estimate of drug-likeness (QED) is 0.641. The number of halogens is 1. The highest BCUT2D eigenvalue weighted by Crippen LogP contribution is 2.30. The number of piperazine rings is 1. The smallest absolute Gasteiger partial charge is 0.222 e. The van der Waals surface area contributed by atoms with E-state index in [4.69, 9.17) is 14.0 Å². The van der Waals surface area contributed by atoms with Crippen LogP contribution in [0.15, 0.2) is 16.7 Å². The van der Waals surface area contributed by atoms with Crippen molar-refractivity contribution in [2.24, 2.45) is 5.92 Å². The fraction of sp³-hybridized carbons (Fsp3) is 0.692. The molecule has 5 rings (SSSR count). The first kappa shape index (κ1) is 24.5. The molecule has 0 radical (unpaired) electrons. The predicted octanol–water partition coefficient (Wildman–Crippen LogP) is 3.27. The summed E-state index contributed by atoms with van der Waals surface area (Å²) in [4.78, 5) is 17.1. The second-order valence-electron chi connectivity index (χ2n) is 10.3. The number of aryl methyl sites for hydroxylation is 1. The number of nitrogens with one attached hydrogen (secondary N) is 1. The second kappa shape index (κ2) is 11.2. The summed E-state index contributed by atoms with van der Waals surface area (Å²) in [6, 6.07) is 3.55. The highest BCUT2D eigenvalue weighted by Gasteiger charge is 2.26. The number of amides is 1. The number of anilines is 1. The maximum atomic E-state index is 13.8. The molecule has 1 N–H and O–H groups in total. The molecule has 1 aliphatic carbocycles. The Hall–Kier alpha value is -2.23. The van der Waals surface area contributed by atoms with E-state index in [0.29, 0.717) is 43.4 Å². The zero-order chi connectivity index (χ0) is 24.2. The van der Waals surface area contributed by atoms with Gasteiger partial charge in [-0.25, -0.2) is 4.39 Å². The minimum atomic E-state index is -0.259. The van der Waals surface area contributed by atoms with E-state index in [9.17, 15) is 9.18 Å². The van der Waals surface area contributed by atoms with Crippen LogP contribution in [-0.2, 0) is 14.3 Å². The van der Waals surface area contributed by atoms with Gasteiger partial charge < -0.3 is 24.2 Å². The predicted molar refractivity (Wildman–Crippen MR) is 131 cm³/mol. The van der Waals surface area contributed by atoms with Crippen LogP contribution in [0.5, 0.6) is 0 Å². The molecule has 1 saturated carbocycles. The molecule has 9 heteroatoms. The van der Waals surface area contributed by atoms with Crippen molar-refractivity contribution in [2.75, 3.05) is 57.4 Å². The maximum absolute atomic E-state index is 13.8. The number of carbonyl (C=O) groups excluding carboxylic acids is 1. The molecule has 0 bridgehead atoms. The lowest BCUT2D eigenvalue weighted by molar-refractivity contribution is -0.132. The van der Waals surface area contributed by atoms with Crippen molar-refractivity contribution < 1.29 is 23.2 Å². The van der Waals surface area contributed by atoms with Gasteiger partial charge >= 0.3 is 0 Å². The third-order valence-corrected chi connectivity index (χ3v) is 7.77. The summed E-state index contributed by atoms with van der Waals surface area (Å²) in [5.41, 5.74) is 1.12. The maximum Gasteiger partial charge on any atom is 0.222 e. The summed E-state index contributed by atoms with van der Waals surface area (Å²) in [6.45, 7) is 8.38. The molecule has 2 aromatic rings. The van der Waals surface area contributed by atoms with Crippen LogP contribution in [0, 0.1) is 18.7 Å². The number of rotatable bonds is 7. The third kappa shape index (κ3) is 6.13. The van der Waals surface area contributed by atoms with E-state index in [2.05, 4.69) is 20.3 Å². The highest BCUT2D eigenvalue weighted by molar-refractivity contribution is 5.89. The van der Waals surface area contributed by atoms with E-state index in [1.165, 1.54) is 25.3 Å². The van der Waals surface area contributed by atoms with Crippen LogP contribution in [0.4, 0.5) is 10.2 Å². The molecular formula is C26H37FN4O4. The van der Waals surface area contributed by atoms with Crippen LogP contribution < -0.4 is 10.2 Å². The van der Waals surface area contributed by atoms with Gasteiger partial charge in [-0.1, -0.05) is 5.16 Å². The summed E-state index contributed by atoms with van der Waals surface area (Å²) in [7, 11) is 0. The fourth-order valence-corrected chi connectivity index (χ4v) is 5.57. The number of hydrogen-bond acceptors (Lipinski definition) is 7. The normalized spacial score (nSPS) is 26.2. The standard InChI is InChI=1S/C26H37FN4O4/c1-18-14-22-24(16-23(18)27)35-29-26(22)31-10-8-30(9-11-31)7-6-19-2-4-20(5-3-19)28-25(32)15-21-17-33-12-13-34-21/h14,16,19-21H,2-13,15,17H2,1H3,(H,28,32)/t19-,20-,21?. The number of ether oxygens (including phenoxy) is 2. The molecule has 1 unspecified atom stereocenters. The van der Waals surface area contributed by atoms with Gasteiger partial charge in [0.2, 0.25) is 5.91 Å². The highest BCUT2D eigenvalue weighted by atomic mass is 19.1. The average molecular weight is 489 g/mol. The zero-order valence-corrected chi connectivity index (χ0v) is 20.6. The Morgan fingerprint density at radius 1 is 1.14 bits per heavy atom. The van der Waals surface area contributed by atoms with Crippen molar-refractivity contribution in [3.05, 3.63) is 23.5 Å². The Balaban J connectivity index is 1.00. The summed E-state index contributed by atoms with van der Waals surface area (Å²) < 4.78 is 30.2. The molecule has 1 amide bonds. The van der Waals surface area contributed by atoms with Crippen LogP contribution in [0.2, 0.25) is 0 Å². The molecule has 2 aliphatic heterocycles. The van der Waals surface area contributed by atoms with E-state index in [0.717, 1.165) is 62.7 Å². The van der Waals surface area contributed by atoms with Gasteiger partial charge in [0, 0.05) is 38.3 Å². The SMILES string of the molecule is Cc1cc2c(N3CCN(CC[C@H]4CC[C@H](NC(=O)CC5COCCO5)CC4)CC3)noc2cc1F. The molecular weight excluding hydrogens is 451 g/mol. The van der Waals surface area contributed by atoms with Gasteiger partial charge in [0.25, 0.3) is 0 Å². The number of carbonyl (C=O) groups is 1. The van der Waals surface area contributed by atoms with Gasteiger partial charge in [0.1, 0.15) is 5.82 Å². The van der Waals surface area contributed by atoms with E-state index in [1.54, 1.807) is 6.92 Å². The largest absolute Gasteiger partial charge is 0.376 e. The van der Waals surface area contributed by atoms with Crippen molar-refractivity contribution in [1.29, 1.82) is 0 Å². The number of aromatic nitrogens is 1. The lowest BCUT2D eigenvalue weighted by atomic mass is 9.84. The van der Waals surface area contributed by atoms with Crippen LogP contribution in [0.25, 0.3) is 11.0 Å². The van der Waals surface area contributed by atoms with Crippen LogP contribution in [-0.4, -0.2) is 80.7 Å². The minimum Gasteiger partial charge on any atom is -0.376 e. The molecule has 3 fully saturated rings. The van der Waals surface area contributed by atoms with Gasteiger partial charge in [0.05, 0.1) is 37.7 Å². The van der Waals surface area contributed by atoms with E-state index in [1.807, 2.05) is 6.07 Å². The molecule has 2 saturated heterocycles. The van der Waals surface area contributed by atoms with Crippen molar-refractivity contribution in [3.8, 4) is 0 Å². The van der Waals surface area contributed by atoms with Crippen molar-refractivity contribution >= 4 is 22.7 Å². The number of nitrogens with zero attached hydrogens (tertiary/aromatic N) is 3. The molecule has 8 nitrogen and oxygen atoms in total. The number of fused-ring (bicyclic) bond motifs is 1. The first-order valence-corrected chi connectivity index (χ1v) is 13.1. The first-order valence-electron chi connectivity index (χ1n) is 13.1. The summed E-state index contributed by atoms with van der Waals surface area (Å²) in [6.07, 6.45) is 5.97. The fourth-order valence-electron chi connectivity index (χ4n) is 5.57. The molecule has 1 aromatic heterocycles. The molecule has 35 heavy (non-hydrogen) atoms. The van der Waals surface area contributed by atoms with Crippen molar-refractivity contribution in [3.63, 3.8) is 0 Å². The molecule has 0 spiro atoms. The summed E-state index contributed by atoms with van der Waals surface area (Å²) >= 11 is 0. The van der Waals surface area contributed by atoms with Gasteiger partial charge in [0.15, 0.2) is 11.4 Å². The Morgan fingerprint density at radius 3 is 2.69 bits per heavy atom. The Bertz CT molecular complexity index is 993. The lowest BCUT2D eigenvalue weighted by Gasteiger charge is -2.36. The molecule has 1 atom stereocenters. The minimum absolute atomic E-state index is 0.0852. The number of benzene rings is 1. The molecule has 3 aliphatic rings. The summed E-state index contributed by atoms with van der Waals surface area (Å²) in [5, 5.41) is 8.32. The summed E-state index contributed by atoms with van der Waals surface area (Å²) in [5.74, 6) is 1.38. The zero-order valence-electron chi connectivity index (χ0n) is 20.6. The Labute approximate surface area is 206 Å². The molecule has 3 heterocycles. The topological polar surface area (TPSA) is 80.1 Å². The van der Waals surface area contributed by atoms with E-state index in [-0.39, 0.29) is 17.8 Å². The van der Waals surface area contributed by atoms with E-state index < -0.39 is 0 Å². The van der Waals surface area contributed by atoms with Gasteiger partial charge in [-0.3, -0.25) is 9.69 Å². The Kier molecular flexibility index (Phi) is 7.84. The van der Waals surface area contributed by atoms with Gasteiger partial charge in [-0.05, 0) is 63.1 Å². The number of hydrogen-bond donors (Lipinski definition) is 1. The molecule has 1 aromatic carbocycles.